The number of rotatable bonds is 2. The molecule has 1 aliphatic heterocycles. The standard InChI is InChI=1S/C9H9BrN4O/c10-7-2-1-3-8-9(7)15-6(4-12-8)5-13-14-11/h1-3,6,12H,4-5H2/t6-/m1/s1. The van der Waals surface area contributed by atoms with E-state index in [4.69, 9.17) is 10.3 Å². The van der Waals surface area contributed by atoms with Gasteiger partial charge in [-0.1, -0.05) is 11.2 Å². The summed E-state index contributed by atoms with van der Waals surface area (Å²) in [5.41, 5.74) is 9.18. The number of hydrogen-bond acceptors (Lipinski definition) is 3. The Morgan fingerprint density at radius 1 is 1.67 bits per heavy atom. The first-order chi connectivity index (χ1) is 7.31. The number of hydrogen-bond donors (Lipinski definition) is 1. The smallest absolute Gasteiger partial charge is 0.157 e. The highest BCUT2D eigenvalue weighted by Gasteiger charge is 2.20. The number of azide groups is 1. The average Bonchev–Trinajstić information content (AvgIpc) is 2.27. The van der Waals surface area contributed by atoms with Gasteiger partial charge in [0.2, 0.25) is 0 Å². The van der Waals surface area contributed by atoms with E-state index in [9.17, 15) is 0 Å². The zero-order valence-corrected chi connectivity index (χ0v) is 9.44. The van der Waals surface area contributed by atoms with E-state index in [-0.39, 0.29) is 6.10 Å². The van der Waals surface area contributed by atoms with Gasteiger partial charge in [-0.05, 0) is 33.6 Å². The molecule has 5 nitrogen and oxygen atoms in total. The minimum absolute atomic E-state index is 0.105. The second-order valence-corrected chi connectivity index (χ2v) is 4.01. The first-order valence-electron chi connectivity index (χ1n) is 4.51. The van der Waals surface area contributed by atoms with Crippen molar-refractivity contribution in [3.63, 3.8) is 0 Å². The number of benzene rings is 1. The Morgan fingerprint density at radius 2 is 2.53 bits per heavy atom. The fourth-order valence-electron chi connectivity index (χ4n) is 1.43. The Balaban J connectivity index is 2.18. The van der Waals surface area contributed by atoms with Gasteiger partial charge in [-0.3, -0.25) is 0 Å². The molecule has 15 heavy (non-hydrogen) atoms. The highest BCUT2D eigenvalue weighted by Crippen LogP contribution is 2.36. The largest absolute Gasteiger partial charge is 0.485 e. The Kier molecular flexibility index (Phi) is 2.99. The predicted octanol–water partition coefficient (Wildman–Crippen LogP) is 2.93. The molecule has 1 aromatic rings. The second-order valence-electron chi connectivity index (χ2n) is 3.15. The molecule has 0 radical (unpaired) electrons. The Hall–Kier alpha value is -1.39. The number of ether oxygens (including phenoxy) is 1. The molecule has 0 fully saturated rings. The molecule has 0 bridgehead atoms. The van der Waals surface area contributed by atoms with Crippen molar-refractivity contribution in [3.05, 3.63) is 33.1 Å². The van der Waals surface area contributed by atoms with Gasteiger partial charge in [-0.2, -0.15) is 0 Å². The first kappa shape index (κ1) is 10.1. The molecule has 1 heterocycles. The van der Waals surface area contributed by atoms with Crippen molar-refractivity contribution in [1.82, 2.24) is 0 Å². The molecule has 0 saturated carbocycles. The molecule has 0 amide bonds. The van der Waals surface area contributed by atoms with Crippen LogP contribution in [0.4, 0.5) is 5.69 Å². The lowest BCUT2D eigenvalue weighted by Crippen LogP contribution is -2.33. The maximum absolute atomic E-state index is 8.22. The van der Waals surface area contributed by atoms with E-state index in [1.807, 2.05) is 18.2 Å². The van der Waals surface area contributed by atoms with Gasteiger partial charge in [-0.25, -0.2) is 0 Å². The maximum Gasteiger partial charge on any atom is 0.157 e. The molecule has 78 valence electrons. The number of nitrogens with one attached hydrogen (secondary N) is 1. The average molecular weight is 269 g/mol. The molecule has 0 unspecified atom stereocenters. The number of nitrogens with zero attached hydrogens (tertiary/aromatic N) is 3. The summed E-state index contributed by atoms with van der Waals surface area (Å²) in [5.74, 6) is 0.780. The van der Waals surface area contributed by atoms with Gasteiger partial charge in [0.15, 0.2) is 5.75 Å². The van der Waals surface area contributed by atoms with Crippen LogP contribution in [0, 0.1) is 0 Å². The predicted molar refractivity (Wildman–Crippen MR) is 61.1 cm³/mol. The third-order valence-corrected chi connectivity index (χ3v) is 2.74. The molecule has 1 aromatic carbocycles. The number of fused-ring (bicyclic) bond motifs is 1. The van der Waals surface area contributed by atoms with Crippen molar-refractivity contribution in [3.8, 4) is 5.75 Å². The minimum atomic E-state index is -0.105. The van der Waals surface area contributed by atoms with Crippen molar-refractivity contribution in [1.29, 1.82) is 0 Å². The summed E-state index contributed by atoms with van der Waals surface area (Å²) in [6.45, 7) is 0.993. The SMILES string of the molecule is [N-]=[N+]=NC[C@H]1CNc2cccc(Br)c2O1. The van der Waals surface area contributed by atoms with Gasteiger partial charge in [-0.15, -0.1) is 0 Å². The summed E-state index contributed by atoms with van der Waals surface area (Å²) in [4.78, 5) is 2.71. The van der Waals surface area contributed by atoms with Crippen LogP contribution < -0.4 is 10.1 Å². The van der Waals surface area contributed by atoms with Crippen LogP contribution in [0.25, 0.3) is 10.4 Å². The lowest BCUT2D eigenvalue weighted by molar-refractivity contribution is 0.212. The Morgan fingerprint density at radius 3 is 3.33 bits per heavy atom. The van der Waals surface area contributed by atoms with Gasteiger partial charge in [0.25, 0.3) is 0 Å². The molecule has 1 N–H and O–H groups in total. The fraction of sp³-hybridized carbons (Fsp3) is 0.333. The van der Waals surface area contributed by atoms with Crippen molar-refractivity contribution in [2.45, 2.75) is 6.10 Å². The molecule has 2 rings (SSSR count). The highest BCUT2D eigenvalue weighted by molar-refractivity contribution is 9.10. The normalized spacial score (nSPS) is 18.1. The van der Waals surface area contributed by atoms with Crippen LogP contribution >= 0.6 is 15.9 Å². The Bertz CT molecular complexity index is 417. The summed E-state index contributed by atoms with van der Waals surface area (Å²) in [6.07, 6.45) is -0.105. The molecule has 6 heteroatoms. The number of para-hydroxylation sites is 1. The van der Waals surface area contributed by atoms with Crippen molar-refractivity contribution in [2.24, 2.45) is 5.11 Å². The molecule has 0 spiro atoms. The van der Waals surface area contributed by atoms with E-state index >= 15 is 0 Å². The van der Waals surface area contributed by atoms with E-state index in [1.165, 1.54) is 0 Å². The van der Waals surface area contributed by atoms with Gasteiger partial charge in [0, 0.05) is 4.91 Å². The number of halogens is 1. The van der Waals surface area contributed by atoms with Crippen LogP contribution in [0.3, 0.4) is 0 Å². The topological polar surface area (TPSA) is 70.0 Å². The van der Waals surface area contributed by atoms with Crippen molar-refractivity contribution < 1.29 is 4.74 Å². The van der Waals surface area contributed by atoms with Gasteiger partial charge >= 0.3 is 0 Å². The molecule has 0 aromatic heterocycles. The molecular weight excluding hydrogens is 260 g/mol. The third kappa shape index (κ3) is 2.16. The maximum atomic E-state index is 8.22. The zero-order chi connectivity index (χ0) is 10.7. The summed E-state index contributed by atoms with van der Waals surface area (Å²) in [5, 5.41) is 6.72. The zero-order valence-electron chi connectivity index (χ0n) is 7.85. The van der Waals surface area contributed by atoms with E-state index in [1.54, 1.807) is 0 Å². The molecule has 0 saturated heterocycles. The Labute approximate surface area is 95.2 Å². The number of anilines is 1. The van der Waals surface area contributed by atoms with Crippen LogP contribution in [0.2, 0.25) is 0 Å². The van der Waals surface area contributed by atoms with Crippen LogP contribution in [0.1, 0.15) is 0 Å². The first-order valence-corrected chi connectivity index (χ1v) is 5.30. The van der Waals surface area contributed by atoms with Crippen LogP contribution in [0.15, 0.2) is 27.8 Å². The van der Waals surface area contributed by atoms with Gasteiger partial charge in [0.1, 0.15) is 6.10 Å². The van der Waals surface area contributed by atoms with E-state index in [2.05, 4.69) is 31.3 Å². The molecule has 0 aliphatic carbocycles. The van der Waals surface area contributed by atoms with Gasteiger partial charge < -0.3 is 10.1 Å². The monoisotopic (exact) mass is 268 g/mol. The summed E-state index contributed by atoms with van der Waals surface area (Å²) in [6, 6.07) is 5.80. The van der Waals surface area contributed by atoms with E-state index < -0.39 is 0 Å². The highest BCUT2D eigenvalue weighted by atomic mass is 79.9. The molecule has 1 atom stereocenters. The van der Waals surface area contributed by atoms with Crippen LogP contribution in [-0.4, -0.2) is 19.2 Å². The quantitative estimate of drug-likeness (QED) is 0.509. The second kappa shape index (κ2) is 4.42. The minimum Gasteiger partial charge on any atom is -0.485 e. The van der Waals surface area contributed by atoms with Crippen LogP contribution in [0.5, 0.6) is 5.75 Å². The van der Waals surface area contributed by atoms with E-state index in [0.717, 1.165) is 15.9 Å². The lowest BCUT2D eigenvalue weighted by Gasteiger charge is -2.27. The summed E-state index contributed by atoms with van der Waals surface area (Å²) < 4.78 is 6.59. The fourth-order valence-corrected chi connectivity index (χ4v) is 1.89. The lowest BCUT2D eigenvalue weighted by atomic mass is 10.2. The third-order valence-electron chi connectivity index (χ3n) is 2.12. The van der Waals surface area contributed by atoms with Gasteiger partial charge in [0.05, 0.1) is 23.2 Å². The van der Waals surface area contributed by atoms with E-state index in [0.29, 0.717) is 13.1 Å². The molecule has 1 aliphatic rings. The van der Waals surface area contributed by atoms with Crippen molar-refractivity contribution >= 4 is 21.6 Å². The summed E-state index contributed by atoms with van der Waals surface area (Å²) >= 11 is 3.41. The molecular formula is C9H9BrN4O. The van der Waals surface area contributed by atoms with Crippen LogP contribution in [-0.2, 0) is 0 Å². The van der Waals surface area contributed by atoms with Crippen molar-refractivity contribution in [2.75, 3.05) is 18.4 Å². The summed E-state index contributed by atoms with van der Waals surface area (Å²) in [7, 11) is 0.